The minimum atomic E-state index is -0.917. The van der Waals surface area contributed by atoms with Crippen LogP contribution >= 0.6 is 0 Å². The molecule has 10 heteroatoms. The van der Waals surface area contributed by atoms with Crippen molar-refractivity contribution in [3.63, 3.8) is 0 Å². The molecule has 0 saturated carbocycles. The minimum absolute atomic E-state index is 0. The number of benzene rings is 1. The first-order valence-corrected chi connectivity index (χ1v) is 3.92. The van der Waals surface area contributed by atoms with E-state index in [0.29, 0.717) is 12.1 Å². The fourth-order valence-electron chi connectivity index (χ4n) is 1.15. The Morgan fingerprint density at radius 2 is 1.29 bits per heavy atom. The van der Waals surface area contributed by atoms with Crippen LogP contribution in [0.2, 0.25) is 0 Å². The van der Waals surface area contributed by atoms with Gasteiger partial charge in [0.2, 0.25) is 0 Å². The summed E-state index contributed by atoms with van der Waals surface area (Å²) in [6, 6.07) is 1.39. The summed E-state index contributed by atoms with van der Waals surface area (Å²) in [6.07, 6.45) is 0. The molecule has 0 heterocycles. The Hall–Kier alpha value is -1.58. The standard InChI is InChI=1S/C7H5N3O6.Na.H/c1-4-6(9(13)14)2-5(8(11)12)3-7(4)10(15)16;;/h2-3H,1H3;;/q;+1;-1. The first kappa shape index (κ1) is 15.4. The number of nitrogens with zero attached hydrogens (tertiary/aromatic N) is 3. The van der Waals surface area contributed by atoms with E-state index < -0.39 is 31.8 Å². The van der Waals surface area contributed by atoms with Crippen molar-refractivity contribution >= 4 is 17.1 Å². The predicted molar refractivity (Wildman–Crippen MR) is 52.3 cm³/mol. The first-order chi connectivity index (χ1) is 7.34. The third kappa shape index (κ3) is 3.19. The maximum absolute atomic E-state index is 10.5. The second kappa shape index (κ2) is 5.66. The topological polar surface area (TPSA) is 129 Å². The van der Waals surface area contributed by atoms with Gasteiger partial charge in [-0.3, -0.25) is 30.3 Å². The van der Waals surface area contributed by atoms with Crippen molar-refractivity contribution in [3.8, 4) is 0 Å². The number of nitro groups is 3. The van der Waals surface area contributed by atoms with Gasteiger partial charge in [-0.25, -0.2) is 0 Å². The largest absolute Gasteiger partial charge is 1.00 e. The maximum Gasteiger partial charge on any atom is 1.00 e. The van der Waals surface area contributed by atoms with Crippen LogP contribution in [0.5, 0.6) is 0 Å². The average Bonchev–Trinajstić information content (AvgIpc) is 2.16. The molecule has 0 unspecified atom stereocenters. The van der Waals surface area contributed by atoms with Gasteiger partial charge in [0.05, 0.1) is 26.9 Å². The summed E-state index contributed by atoms with van der Waals surface area (Å²) in [4.78, 5) is 28.8. The van der Waals surface area contributed by atoms with Gasteiger partial charge in [0.1, 0.15) is 5.56 Å². The molecular formula is C7H6N3NaO6. The van der Waals surface area contributed by atoms with E-state index in [1.165, 1.54) is 6.92 Å². The van der Waals surface area contributed by atoms with Crippen LogP contribution in [-0.4, -0.2) is 14.8 Å². The zero-order valence-electron chi connectivity index (χ0n) is 9.95. The molecule has 0 spiro atoms. The fraction of sp³-hybridized carbons (Fsp3) is 0.143. The molecule has 86 valence electrons. The summed E-state index contributed by atoms with van der Waals surface area (Å²) in [6.45, 7) is 1.17. The second-order valence-electron chi connectivity index (χ2n) is 2.88. The van der Waals surface area contributed by atoms with Crippen molar-refractivity contribution in [2.75, 3.05) is 0 Å². The van der Waals surface area contributed by atoms with Gasteiger partial charge in [0.25, 0.3) is 17.1 Å². The average molecular weight is 251 g/mol. The molecule has 0 N–H and O–H groups in total. The quantitative estimate of drug-likeness (QED) is 0.378. The normalized spacial score (nSPS) is 9.24. The first-order valence-electron chi connectivity index (χ1n) is 3.92. The number of rotatable bonds is 3. The van der Waals surface area contributed by atoms with Crippen LogP contribution in [0.15, 0.2) is 12.1 Å². The number of hydrogen-bond acceptors (Lipinski definition) is 6. The summed E-state index contributed by atoms with van der Waals surface area (Å²) < 4.78 is 0. The molecule has 0 radical (unpaired) electrons. The SMILES string of the molecule is Cc1c([N+](=O)[O-])cc([N+](=O)[O-])cc1[N+](=O)[O-].[H-].[Na+]. The molecule has 0 fully saturated rings. The van der Waals surface area contributed by atoms with Crippen LogP contribution in [0, 0.1) is 37.3 Å². The third-order valence-corrected chi connectivity index (χ3v) is 1.94. The summed E-state index contributed by atoms with van der Waals surface area (Å²) >= 11 is 0. The van der Waals surface area contributed by atoms with Crippen LogP contribution in [0.25, 0.3) is 0 Å². The van der Waals surface area contributed by atoms with Gasteiger partial charge in [-0.2, -0.15) is 0 Å². The Bertz CT molecular complexity index is 473. The van der Waals surface area contributed by atoms with Crippen molar-refractivity contribution in [1.29, 1.82) is 0 Å². The second-order valence-corrected chi connectivity index (χ2v) is 2.88. The molecule has 17 heavy (non-hydrogen) atoms. The Labute approximate surface area is 118 Å². The molecule has 0 bridgehead atoms. The Morgan fingerprint density at radius 1 is 0.941 bits per heavy atom. The number of non-ortho nitro benzene ring substituents is 1. The van der Waals surface area contributed by atoms with Gasteiger partial charge in [0.15, 0.2) is 0 Å². The van der Waals surface area contributed by atoms with E-state index in [-0.39, 0.29) is 36.5 Å². The minimum Gasteiger partial charge on any atom is -1.00 e. The molecule has 0 saturated heterocycles. The van der Waals surface area contributed by atoms with E-state index in [1.807, 2.05) is 0 Å². The summed E-state index contributed by atoms with van der Waals surface area (Å²) in [7, 11) is 0. The van der Waals surface area contributed by atoms with E-state index in [0.717, 1.165) is 0 Å². The maximum atomic E-state index is 10.5. The van der Waals surface area contributed by atoms with Gasteiger partial charge in [0, 0.05) is 0 Å². The monoisotopic (exact) mass is 251 g/mol. The number of nitro benzene ring substituents is 3. The van der Waals surface area contributed by atoms with Gasteiger partial charge in [-0.1, -0.05) is 0 Å². The van der Waals surface area contributed by atoms with E-state index >= 15 is 0 Å². The van der Waals surface area contributed by atoms with E-state index in [9.17, 15) is 30.3 Å². The van der Waals surface area contributed by atoms with Crippen LogP contribution in [0.1, 0.15) is 6.99 Å². The Morgan fingerprint density at radius 3 is 1.53 bits per heavy atom. The van der Waals surface area contributed by atoms with Crippen molar-refractivity contribution in [2.24, 2.45) is 0 Å². The third-order valence-electron chi connectivity index (χ3n) is 1.94. The van der Waals surface area contributed by atoms with Crippen LogP contribution in [0.3, 0.4) is 0 Å². The molecule has 1 aromatic rings. The van der Waals surface area contributed by atoms with Crippen LogP contribution in [-0.2, 0) is 0 Å². The molecule has 0 aromatic heterocycles. The Balaban J connectivity index is 0. The van der Waals surface area contributed by atoms with Gasteiger partial charge >= 0.3 is 29.6 Å². The number of hydrogen-bond donors (Lipinski definition) is 0. The molecule has 0 aliphatic rings. The molecule has 0 atom stereocenters. The summed E-state index contributed by atoms with van der Waals surface area (Å²) in [5.74, 6) is 0. The molecule has 1 aromatic carbocycles. The van der Waals surface area contributed by atoms with Gasteiger partial charge in [-0.05, 0) is 6.92 Å². The van der Waals surface area contributed by atoms with Gasteiger partial charge in [-0.15, -0.1) is 0 Å². The Kier molecular flexibility index (Phi) is 5.13. The van der Waals surface area contributed by atoms with Crippen molar-refractivity contribution in [2.45, 2.75) is 6.92 Å². The molecule has 1 rings (SSSR count). The van der Waals surface area contributed by atoms with Gasteiger partial charge < -0.3 is 1.43 Å². The van der Waals surface area contributed by atoms with Crippen LogP contribution < -0.4 is 29.6 Å². The van der Waals surface area contributed by atoms with E-state index in [4.69, 9.17) is 0 Å². The zero-order chi connectivity index (χ0) is 12.5. The fourth-order valence-corrected chi connectivity index (χ4v) is 1.15. The zero-order valence-corrected chi connectivity index (χ0v) is 10.9. The molecule has 0 amide bonds. The summed E-state index contributed by atoms with van der Waals surface area (Å²) in [5.41, 5.74) is -2.16. The van der Waals surface area contributed by atoms with E-state index in [1.54, 1.807) is 0 Å². The molecular weight excluding hydrogens is 245 g/mol. The predicted octanol–water partition coefficient (Wildman–Crippen LogP) is -1.16. The van der Waals surface area contributed by atoms with Crippen molar-refractivity contribution in [3.05, 3.63) is 48.0 Å². The molecule has 9 nitrogen and oxygen atoms in total. The smallest absolute Gasteiger partial charge is 1.00 e. The van der Waals surface area contributed by atoms with Crippen LogP contribution in [0.4, 0.5) is 17.1 Å². The molecule has 0 aliphatic heterocycles. The summed E-state index contributed by atoms with van der Waals surface area (Å²) in [5, 5.41) is 31.5. The van der Waals surface area contributed by atoms with Crippen molar-refractivity contribution < 1.29 is 45.8 Å². The molecule has 0 aliphatic carbocycles. The van der Waals surface area contributed by atoms with E-state index in [2.05, 4.69) is 0 Å². The van der Waals surface area contributed by atoms with Crippen molar-refractivity contribution in [1.82, 2.24) is 0 Å².